The number of rotatable bonds is 6. The van der Waals surface area contributed by atoms with Crippen molar-refractivity contribution >= 4 is 22.6 Å². The first-order chi connectivity index (χ1) is 16.7. The van der Waals surface area contributed by atoms with Crippen LogP contribution in [-0.4, -0.2) is 31.0 Å². The van der Waals surface area contributed by atoms with E-state index in [0.717, 1.165) is 65.2 Å². The summed E-state index contributed by atoms with van der Waals surface area (Å²) < 4.78 is 12.3. The molecule has 1 amide bonds. The summed E-state index contributed by atoms with van der Waals surface area (Å²) in [5.74, 6) is 1.41. The van der Waals surface area contributed by atoms with Crippen LogP contribution in [0.1, 0.15) is 52.5 Å². The zero-order valence-corrected chi connectivity index (χ0v) is 19.7. The maximum absolute atomic E-state index is 13.3. The van der Waals surface area contributed by atoms with E-state index in [1.54, 1.807) is 7.11 Å². The molecular weight excluding hydrogens is 424 g/mol. The predicted octanol–water partition coefficient (Wildman–Crippen LogP) is 6.58. The third-order valence-electron chi connectivity index (χ3n) is 6.61. The molecule has 0 bridgehead atoms. The predicted molar refractivity (Wildman–Crippen MR) is 136 cm³/mol. The van der Waals surface area contributed by atoms with Gasteiger partial charge in [0.25, 0.3) is 5.91 Å². The Balaban J connectivity index is 1.65. The second-order valence-corrected chi connectivity index (χ2v) is 8.90. The van der Waals surface area contributed by atoms with Crippen molar-refractivity contribution in [3.8, 4) is 5.75 Å². The molecule has 1 saturated heterocycles. The number of nitrogens with zero attached hydrogens (tertiary/aromatic N) is 1. The highest BCUT2D eigenvalue weighted by molar-refractivity contribution is 6.09. The number of nitrogens with one attached hydrogen (secondary N) is 1. The van der Waals surface area contributed by atoms with Crippen LogP contribution >= 0.6 is 0 Å². The Morgan fingerprint density at radius 2 is 1.65 bits per heavy atom. The molecule has 5 heteroatoms. The number of para-hydroxylation sites is 2. The van der Waals surface area contributed by atoms with Crippen LogP contribution < -0.4 is 10.1 Å². The van der Waals surface area contributed by atoms with Crippen LogP contribution in [0.15, 0.2) is 77.2 Å². The minimum atomic E-state index is -0.169. The summed E-state index contributed by atoms with van der Waals surface area (Å²) in [6.07, 6.45) is 3.50. The zero-order valence-electron chi connectivity index (χ0n) is 19.7. The lowest BCUT2D eigenvalue weighted by Crippen LogP contribution is -2.34. The number of carbonyl (C=O) groups is 1. The van der Waals surface area contributed by atoms with E-state index in [2.05, 4.69) is 16.3 Å². The average Bonchev–Trinajstić information content (AvgIpc) is 3.23. The number of furan rings is 1. The maximum Gasteiger partial charge on any atom is 0.255 e. The summed E-state index contributed by atoms with van der Waals surface area (Å²) in [5, 5.41) is 4.09. The number of hydrogen-bond donors (Lipinski definition) is 1. The van der Waals surface area contributed by atoms with Crippen LogP contribution in [0.5, 0.6) is 5.75 Å². The molecule has 1 aliphatic rings. The SMILES string of the molecule is COc1ccccc1C(c1oc2ccccc2c1NC(=O)c1ccc(C)cc1)N1CCCCC1. The smallest absolute Gasteiger partial charge is 0.255 e. The van der Waals surface area contributed by atoms with Gasteiger partial charge in [-0.15, -0.1) is 0 Å². The van der Waals surface area contributed by atoms with Crippen molar-refractivity contribution in [1.82, 2.24) is 4.90 Å². The monoisotopic (exact) mass is 454 g/mol. The molecule has 1 atom stereocenters. The molecule has 0 spiro atoms. The normalized spacial score (nSPS) is 15.2. The molecule has 5 rings (SSSR count). The molecule has 174 valence electrons. The van der Waals surface area contributed by atoms with Crippen molar-refractivity contribution in [2.75, 3.05) is 25.5 Å². The molecule has 34 heavy (non-hydrogen) atoms. The van der Waals surface area contributed by atoms with Crippen molar-refractivity contribution in [1.29, 1.82) is 0 Å². The highest BCUT2D eigenvalue weighted by Crippen LogP contribution is 2.43. The van der Waals surface area contributed by atoms with Crippen LogP contribution in [0.2, 0.25) is 0 Å². The van der Waals surface area contributed by atoms with Crippen molar-refractivity contribution in [3.05, 3.63) is 95.2 Å². The second kappa shape index (κ2) is 9.74. The molecule has 1 N–H and O–H groups in total. The highest BCUT2D eigenvalue weighted by atomic mass is 16.5. The van der Waals surface area contributed by atoms with Gasteiger partial charge in [0.1, 0.15) is 11.3 Å². The molecule has 1 aliphatic heterocycles. The van der Waals surface area contributed by atoms with Crippen LogP contribution in [0, 0.1) is 6.92 Å². The first kappa shape index (κ1) is 22.2. The maximum atomic E-state index is 13.3. The summed E-state index contributed by atoms with van der Waals surface area (Å²) in [5.41, 5.74) is 4.26. The summed E-state index contributed by atoms with van der Waals surface area (Å²) in [6.45, 7) is 3.94. The van der Waals surface area contributed by atoms with Gasteiger partial charge < -0.3 is 14.5 Å². The van der Waals surface area contributed by atoms with Gasteiger partial charge in [-0.2, -0.15) is 0 Å². The van der Waals surface area contributed by atoms with Gasteiger partial charge in [0.05, 0.1) is 18.8 Å². The molecule has 3 aromatic carbocycles. The van der Waals surface area contributed by atoms with Gasteiger partial charge in [-0.3, -0.25) is 9.69 Å². The van der Waals surface area contributed by atoms with Crippen molar-refractivity contribution in [3.63, 3.8) is 0 Å². The van der Waals surface area contributed by atoms with E-state index in [9.17, 15) is 4.79 Å². The molecule has 4 aromatic rings. The van der Waals surface area contributed by atoms with E-state index >= 15 is 0 Å². The van der Waals surface area contributed by atoms with Gasteiger partial charge >= 0.3 is 0 Å². The number of ether oxygens (including phenoxy) is 1. The van der Waals surface area contributed by atoms with Gasteiger partial charge in [0, 0.05) is 16.5 Å². The number of anilines is 1. The van der Waals surface area contributed by atoms with Crippen molar-refractivity contribution < 1.29 is 13.9 Å². The first-order valence-electron chi connectivity index (χ1n) is 11.9. The van der Waals surface area contributed by atoms with Gasteiger partial charge in [-0.05, 0) is 63.2 Å². The Hall–Kier alpha value is -3.57. The van der Waals surface area contributed by atoms with Crippen LogP contribution in [0.25, 0.3) is 11.0 Å². The fourth-order valence-electron chi connectivity index (χ4n) is 4.85. The number of fused-ring (bicyclic) bond motifs is 1. The van der Waals surface area contributed by atoms with E-state index in [1.807, 2.05) is 73.7 Å². The summed E-state index contributed by atoms with van der Waals surface area (Å²) in [7, 11) is 1.70. The molecule has 1 unspecified atom stereocenters. The molecule has 0 saturated carbocycles. The first-order valence-corrected chi connectivity index (χ1v) is 11.9. The summed E-state index contributed by atoms with van der Waals surface area (Å²) >= 11 is 0. The lowest BCUT2D eigenvalue weighted by Gasteiger charge is -2.34. The summed E-state index contributed by atoms with van der Waals surface area (Å²) in [4.78, 5) is 15.7. The lowest BCUT2D eigenvalue weighted by atomic mass is 9.97. The molecule has 5 nitrogen and oxygen atoms in total. The highest BCUT2D eigenvalue weighted by Gasteiger charge is 2.33. The lowest BCUT2D eigenvalue weighted by molar-refractivity contribution is 0.102. The van der Waals surface area contributed by atoms with E-state index in [1.165, 1.54) is 6.42 Å². The molecule has 1 aromatic heterocycles. The van der Waals surface area contributed by atoms with E-state index in [-0.39, 0.29) is 11.9 Å². The van der Waals surface area contributed by atoms with E-state index in [4.69, 9.17) is 9.15 Å². The number of likely N-dealkylation sites (tertiary alicyclic amines) is 1. The molecular formula is C29H30N2O3. The molecule has 0 aliphatic carbocycles. The Morgan fingerprint density at radius 1 is 0.941 bits per heavy atom. The van der Waals surface area contributed by atoms with E-state index < -0.39 is 0 Å². The zero-order chi connectivity index (χ0) is 23.5. The van der Waals surface area contributed by atoms with Gasteiger partial charge in [0.15, 0.2) is 5.76 Å². The average molecular weight is 455 g/mol. The Morgan fingerprint density at radius 3 is 2.41 bits per heavy atom. The molecule has 2 heterocycles. The number of amides is 1. The van der Waals surface area contributed by atoms with Gasteiger partial charge in [0.2, 0.25) is 0 Å². The largest absolute Gasteiger partial charge is 0.496 e. The number of hydrogen-bond acceptors (Lipinski definition) is 4. The van der Waals surface area contributed by atoms with Crippen LogP contribution in [-0.2, 0) is 0 Å². The minimum Gasteiger partial charge on any atom is -0.496 e. The van der Waals surface area contributed by atoms with Crippen molar-refractivity contribution in [2.24, 2.45) is 0 Å². The van der Waals surface area contributed by atoms with E-state index in [0.29, 0.717) is 5.56 Å². The molecule has 0 radical (unpaired) electrons. The Labute approximate surface area is 200 Å². The fourth-order valence-corrected chi connectivity index (χ4v) is 4.85. The Bertz CT molecular complexity index is 1290. The number of carbonyl (C=O) groups excluding carboxylic acids is 1. The number of piperidine rings is 1. The van der Waals surface area contributed by atoms with Crippen LogP contribution in [0.4, 0.5) is 5.69 Å². The summed E-state index contributed by atoms with van der Waals surface area (Å²) in [6, 6.07) is 23.4. The third-order valence-corrected chi connectivity index (χ3v) is 6.61. The van der Waals surface area contributed by atoms with Gasteiger partial charge in [-0.1, -0.05) is 54.4 Å². The van der Waals surface area contributed by atoms with Crippen molar-refractivity contribution in [2.45, 2.75) is 32.2 Å². The van der Waals surface area contributed by atoms with Gasteiger partial charge in [-0.25, -0.2) is 0 Å². The fraction of sp³-hybridized carbons (Fsp3) is 0.276. The molecule has 1 fully saturated rings. The standard InChI is InChI=1S/C29H30N2O3/c1-20-14-16-21(17-15-20)29(32)30-26-22-10-4-7-13-25(22)34-28(26)27(31-18-8-3-9-19-31)23-11-5-6-12-24(23)33-2/h4-7,10-17,27H,3,8-9,18-19H2,1-2H3,(H,30,32). The topological polar surface area (TPSA) is 54.7 Å². The number of methoxy groups -OCH3 is 1. The Kier molecular flexibility index (Phi) is 6.37. The number of aryl methyl sites for hydroxylation is 1. The quantitative estimate of drug-likeness (QED) is 0.358. The third kappa shape index (κ3) is 4.31. The van der Waals surface area contributed by atoms with Crippen LogP contribution in [0.3, 0.4) is 0 Å². The minimum absolute atomic E-state index is 0.148. The second-order valence-electron chi connectivity index (χ2n) is 8.90. The number of benzene rings is 3.